The molecule has 138 valence electrons. The molecule has 6 nitrogen and oxygen atoms in total. The van der Waals surface area contributed by atoms with Crippen molar-refractivity contribution >= 4 is 52.2 Å². The highest BCUT2D eigenvalue weighted by molar-refractivity contribution is 8.26. The minimum Gasteiger partial charge on any atom is -0.480 e. The van der Waals surface area contributed by atoms with Crippen LogP contribution in [0.15, 0.2) is 29.2 Å². The summed E-state index contributed by atoms with van der Waals surface area (Å²) in [5, 5.41) is 11.7. The number of nitrogens with one attached hydrogen (secondary N) is 1. The molecular formula is C18H20N2O4S2. The van der Waals surface area contributed by atoms with Crippen molar-refractivity contribution in [2.45, 2.75) is 32.2 Å². The highest BCUT2D eigenvalue weighted by Gasteiger charge is 2.28. The predicted molar refractivity (Wildman–Crippen MR) is 106 cm³/mol. The first-order valence-electron chi connectivity index (χ1n) is 8.18. The zero-order valence-electron chi connectivity index (χ0n) is 14.5. The van der Waals surface area contributed by atoms with Crippen molar-refractivity contribution in [1.82, 2.24) is 10.2 Å². The normalized spacial score (nSPS) is 16.8. The smallest absolute Gasteiger partial charge is 0.326 e. The standard InChI is InChI=1S/C18H20N2O4S2/c1-3-4-5-13(17(23)24)19-15(21)12-8-6-11(7-9-12)10-14-16(22)20(2)18(25)26-14/h6-10,13H,3-5H2,1-2H3,(H,19,21)(H,23,24)/b14-10+/t13-/m1/s1. The van der Waals surface area contributed by atoms with Crippen molar-refractivity contribution in [3.05, 3.63) is 40.3 Å². The molecule has 1 aliphatic rings. The number of unbranched alkanes of at least 4 members (excludes halogenated alkanes) is 1. The second-order valence-electron chi connectivity index (χ2n) is 5.87. The Kier molecular flexibility index (Phi) is 6.93. The van der Waals surface area contributed by atoms with E-state index in [2.05, 4.69) is 5.32 Å². The summed E-state index contributed by atoms with van der Waals surface area (Å²) >= 11 is 6.32. The van der Waals surface area contributed by atoms with E-state index in [1.807, 2.05) is 6.92 Å². The number of rotatable bonds is 7. The number of hydrogen-bond acceptors (Lipinski definition) is 5. The van der Waals surface area contributed by atoms with E-state index < -0.39 is 17.9 Å². The van der Waals surface area contributed by atoms with Gasteiger partial charge in [-0.3, -0.25) is 14.5 Å². The lowest BCUT2D eigenvalue weighted by Crippen LogP contribution is -2.40. The van der Waals surface area contributed by atoms with Crippen molar-refractivity contribution in [1.29, 1.82) is 0 Å². The second kappa shape index (κ2) is 8.95. The van der Waals surface area contributed by atoms with Crippen molar-refractivity contribution in [2.75, 3.05) is 7.05 Å². The highest BCUT2D eigenvalue weighted by Crippen LogP contribution is 2.31. The average Bonchev–Trinajstić information content (AvgIpc) is 2.85. The molecule has 1 aliphatic heterocycles. The molecule has 1 aromatic rings. The maximum absolute atomic E-state index is 12.2. The number of benzene rings is 1. The van der Waals surface area contributed by atoms with Crippen LogP contribution in [0.1, 0.15) is 42.1 Å². The average molecular weight is 393 g/mol. The van der Waals surface area contributed by atoms with Crippen molar-refractivity contribution in [2.24, 2.45) is 0 Å². The van der Waals surface area contributed by atoms with E-state index in [-0.39, 0.29) is 5.91 Å². The Morgan fingerprint density at radius 1 is 1.35 bits per heavy atom. The SMILES string of the molecule is CCCC[C@@H](NC(=O)c1ccc(/C=C2/SC(=S)N(C)C2=O)cc1)C(=O)O. The van der Waals surface area contributed by atoms with E-state index in [1.165, 1.54) is 16.7 Å². The number of likely N-dealkylation sites (N-methyl/N-ethyl adjacent to an activating group) is 1. The molecule has 1 aromatic carbocycles. The molecule has 1 heterocycles. The molecule has 2 amide bonds. The summed E-state index contributed by atoms with van der Waals surface area (Å²) in [5.74, 6) is -1.62. The Labute approximate surface area is 161 Å². The van der Waals surface area contributed by atoms with E-state index >= 15 is 0 Å². The molecule has 1 saturated heterocycles. The molecule has 0 aromatic heterocycles. The minimum absolute atomic E-state index is 0.151. The third-order valence-corrected chi connectivity index (χ3v) is 5.39. The van der Waals surface area contributed by atoms with Crippen LogP contribution in [0.5, 0.6) is 0 Å². The number of carbonyl (C=O) groups excluding carboxylic acids is 2. The fourth-order valence-electron chi connectivity index (χ4n) is 2.33. The molecule has 2 N–H and O–H groups in total. The summed E-state index contributed by atoms with van der Waals surface area (Å²) < 4.78 is 0.504. The first-order valence-corrected chi connectivity index (χ1v) is 9.41. The monoisotopic (exact) mass is 392 g/mol. The predicted octanol–water partition coefficient (Wildman–Crippen LogP) is 2.89. The molecule has 0 unspecified atom stereocenters. The van der Waals surface area contributed by atoms with Gasteiger partial charge in [0.25, 0.3) is 11.8 Å². The number of carboxylic acids is 1. The molecule has 0 aliphatic carbocycles. The van der Waals surface area contributed by atoms with Gasteiger partial charge in [0.1, 0.15) is 10.4 Å². The molecule has 26 heavy (non-hydrogen) atoms. The summed E-state index contributed by atoms with van der Waals surface area (Å²) in [6.07, 6.45) is 3.70. The summed E-state index contributed by atoms with van der Waals surface area (Å²) in [7, 11) is 1.63. The minimum atomic E-state index is -1.04. The molecule has 0 bridgehead atoms. The summed E-state index contributed by atoms with van der Waals surface area (Å²) in [5.41, 5.74) is 1.13. The van der Waals surface area contributed by atoms with Gasteiger partial charge in [0.05, 0.1) is 4.91 Å². The third kappa shape index (κ3) is 4.92. The Morgan fingerprint density at radius 2 is 2.00 bits per heavy atom. The topological polar surface area (TPSA) is 86.7 Å². The number of nitrogens with zero attached hydrogens (tertiary/aromatic N) is 1. The van der Waals surface area contributed by atoms with Crippen LogP contribution in [0.25, 0.3) is 6.08 Å². The molecule has 2 rings (SSSR count). The number of aliphatic carboxylic acids is 1. The van der Waals surface area contributed by atoms with E-state index in [9.17, 15) is 19.5 Å². The Balaban J connectivity index is 2.07. The molecule has 0 radical (unpaired) electrons. The maximum atomic E-state index is 12.2. The maximum Gasteiger partial charge on any atom is 0.326 e. The lowest BCUT2D eigenvalue weighted by Gasteiger charge is -2.14. The number of thioether (sulfide) groups is 1. The quantitative estimate of drug-likeness (QED) is 0.548. The first kappa shape index (κ1) is 20.1. The van der Waals surface area contributed by atoms with Crippen LogP contribution in [0.2, 0.25) is 0 Å². The summed E-state index contributed by atoms with van der Waals surface area (Å²) in [6.45, 7) is 1.96. The molecule has 0 spiro atoms. The molecule has 1 fully saturated rings. The largest absolute Gasteiger partial charge is 0.480 e. The van der Waals surface area contributed by atoms with Crippen LogP contribution >= 0.6 is 24.0 Å². The van der Waals surface area contributed by atoms with Gasteiger partial charge in [-0.2, -0.15) is 0 Å². The van der Waals surface area contributed by atoms with Crippen molar-refractivity contribution in [3.8, 4) is 0 Å². The Bertz CT molecular complexity index is 759. The van der Waals surface area contributed by atoms with Crippen LogP contribution in [0.4, 0.5) is 0 Å². The zero-order chi connectivity index (χ0) is 19.3. The number of carbonyl (C=O) groups is 3. The van der Waals surface area contributed by atoms with Crippen LogP contribution in [0, 0.1) is 0 Å². The lowest BCUT2D eigenvalue weighted by atomic mass is 10.1. The lowest BCUT2D eigenvalue weighted by molar-refractivity contribution is -0.139. The van der Waals surface area contributed by atoms with E-state index in [4.69, 9.17) is 12.2 Å². The second-order valence-corrected chi connectivity index (χ2v) is 7.55. The van der Waals surface area contributed by atoms with Crippen molar-refractivity contribution in [3.63, 3.8) is 0 Å². The fraction of sp³-hybridized carbons (Fsp3) is 0.333. The Morgan fingerprint density at radius 3 is 2.50 bits per heavy atom. The highest BCUT2D eigenvalue weighted by atomic mass is 32.2. The van der Waals surface area contributed by atoms with Crippen LogP contribution in [0.3, 0.4) is 0 Å². The van der Waals surface area contributed by atoms with E-state index in [0.29, 0.717) is 21.2 Å². The van der Waals surface area contributed by atoms with E-state index in [0.717, 1.165) is 18.4 Å². The summed E-state index contributed by atoms with van der Waals surface area (Å²) in [6, 6.07) is 5.73. The van der Waals surface area contributed by atoms with Gasteiger partial charge < -0.3 is 10.4 Å². The van der Waals surface area contributed by atoms with Gasteiger partial charge in [-0.15, -0.1) is 0 Å². The van der Waals surface area contributed by atoms with Gasteiger partial charge in [0.15, 0.2) is 0 Å². The Hall–Kier alpha value is -2.19. The molecule has 8 heteroatoms. The van der Waals surface area contributed by atoms with Crippen molar-refractivity contribution < 1.29 is 19.5 Å². The number of thiocarbonyl (C=S) groups is 1. The third-order valence-electron chi connectivity index (χ3n) is 3.91. The van der Waals surface area contributed by atoms with Gasteiger partial charge in [0, 0.05) is 12.6 Å². The molecular weight excluding hydrogens is 372 g/mol. The van der Waals surface area contributed by atoms with Gasteiger partial charge in [0.2, 0.25) is 0 Å². The fourth-order valence-corrected chi connectivity index (χ4v) is 3.51. The van der Waals surface area contributed by atoms with Gasteiger partial charge in [-0.05, 0) is 30.2 Å². The number of amides is 2. The summed E-state index contributed by atoms with van der Waals surface area (Å²) in [4.78, 5) is 37.4. The van der Waals surface area contributed by atoms with Gasteiger partial charge in [-0.25, -0.2) is 4.79 Å². The van der Waals surface area contributed by atoms with Crippen LogP contribution in [-0.4, -0.2) is 45.2 Å². The van der Waals surface area contributed by atoms with E-state index in [1.54, 1.807) is 37.4 Å². The zero-order valence-corrected chi connectivity index (χ0v) is 16.2. The molecule has 0 saturated carbocycles. The first-order chi connectivity index (χ1) is 12.3. The van der Waals surface area contributed by atoms with Gasteiger partial charge in [-0.1, -0.05) is 55.9 Å². The van der Waals surface area contributed by atoms with Gasteiger partial charge >= 0.3 is 5.97 Å². The van der Waals surface area contributed by atoms with Crippen LogP contribution in [-0.2, 0) is 9.59 Å². The number of carboxylic acid groups (broad SMARTS) is 1. The number of hydrogen-bond donors (Lipinski definition) is 2. The van der Waals surface area contributed by atoms with Crippen LogP contribution < -0.4 is 5.32 Å². The molecule has 1 atom stereocenters.